The standard InChI is InChI=1S/C11H11BrF2/c12-7-11(3-4-11)6-8-5-9(13)1-2-10(8)14/h1-2,5H,3-4,6-7H2. The SMILES string of the molecule is Fc1ccc(F)c(CC2(CBr)CC2)c1. The molecule has 0 aromatic heterocycles. The monoisotopic (exact) mass is 260 g/mol. The summed E-state index contributed by atoms with van der Waals surface area (Å²) in [5.74, 6) is -0.648. The number of alkyl halides is 1. The molecule has 76 valence electrons. The molecule has 1 aliphatic carbocycles. The van der Waals surface area contributed by atoms with Gasteiger partial charge in [0.2, 0.25) is 0 Å². The Morgan fingerprint density at radius 1 is 1.29 bits per heavy atom. The summed E-state index contributed by atoms with van der Waals surface area (Å²) < 4.78 is 26.2. The number of rotatable bonds is 3. The molecule has 14 heavy (non-hydrogen) atoms. The molecule has 3 heteroatoms. The van der Waals surface area contributed by atoms with E-state index in [2.05, 4.69) is 15.9 Å². The summed E-state index contributed by atoms with van der Waals surface area (Å²) in [6.07, 6.45) is 2.85. The minimum Gasteiger partial charge on any atom is -0.207 e. The number of hydrogen-bond acceptors (Lipinski definition) is 0. The first-order valence-electron chi connectivity index (χ1n) is 4.65. The van der Waals surface area contributed by atoms with E-state index < -0.39 is 0 Å². The van der Waals surface area contributed by atoms with Crippen molar-refractivity contribution in [1.82, 2.24) is 0 Å². The molecule has 0 unspecified atom stereocenters. The molecule has 0 bridgehead atoms. The smallest absolute Gasteiger partial charge is 0.126 e. The van der Waals surface area contributed by atoms with Gasteiger partial charge in [-0.05, 0) is 48.4 Å². The van der Waals surface area contributed by atoms with Crippen LogP contribution in [0.3, 0.4) is 0 Å². The van der Waals surface area contributed by atoms with Crippen molar-refractivity contribution in [1.29, 1.82) is 0 Å². The van der Waals surface area contributed by atoms with Crippen LogP contribution >= 0.6 is 15.9 Å². The van der Waals surface area contributed by atoms with E-state index in [1.807, 2.05) is 0 Å². The van der Waals surface area contributed by atoms with E-state index in [0.717, 1.165) is 24.2 Å². The lowest BCUT2D eigenvalue weighted by molar-refractivity contribution is 0.534. The molecule has 0 heterocycles. The van der Waals surface area contributed by atoms with Crippen molar-refractivity contribution in [3.05, 3.63) is 35.4 Å². The van der Waals surface area contributed by atoms with E-state index in [4.69, 9.17) is 0 Å². The van der Waals surface area contributed by atoms with Gasteiger partial charge in [0.05, 0.1) is 0 Å². The van der Waals surface area contributed by atoms with Gasteiger partial charge in [-0.3, -0.25) is 0 Å². The molecule has 1 fully saturated rings. The highest BCUT2D eigenvalue weighted by Gasteiger charge is 2.41. The summed E-state index contributed by atoms with van der Waals surface area (Å²) in [5.41, 5.74) is 0.691. The highest BCUT2D eigenvalue weighted by atomic mass is 79.9. The molecule has 2 rings (SSSR count). The van der Waals surface area contributed by atoms with Gasteiger partial charge in [0.15, 0.2) is 0 Å². The molecule has 0 saturated heterocycles. The zero-order chi connectivity index (χ0) is 10.2. The van der Waals surface area contributed by atoms with Gasteiger partial charge >= 0.3 is 0 Å². The highest BCUT2D eigenvalue weighted by molar-refractivity contribution is 9.09. The quantitative estimate of drug-likeness (QED) is 0.728. The normalized spacial score (nSPS) is 18.2. The van der Waals surface area contributed by atoms with E-state index in [1.165, 1.54) is 12.1 Å². The van der Waals surface area contributed by atoms with Crippen LogP contribution < -0.4 is 0 Å². The molecule has 0 spiro atoms. The second kappa shape index (κ2) is 3.61. The van der Waals surface area contributed by atoms with Crippen LogP contribution in [-0.4, -0.2) is 5.33 Å². The second-order valence-corrected chi connectivity index (χ2v) is 4.61. The van der Waals surface area contributed by atoms with Crippen molar-refractivity contribution in [2.24, 2.45) is 5.41 Å². The van der Waals surface area contributed by atoms with Gasteiger partial charge in [-0.2, -0.15) is 0 Å². The maximum absolute atomic E-state index is 13.3. The largest absolute Gasteiger partial charge is 0.207 e. The van der Waals surface area contributed by atoms with E-state index >= 15 is 0 Å². The predicted molar refractivity (Wildman–Crippen MR) is 55.5 cm³/mol. The van der Waals surface area contributed by atoms with E-state index in [1.54, 1.807) is 0 Å². The zero-order valence-electron chi connectivity index (χ0n) is 7.69. The molecule has 0 radical (unpaired) electrons. The molecule has 0 N–H and O–H groups in total. The molecule has 0 aliphatic heterocycles. The van der Waals surface area contributed by atoms with E-state index in [-0.39, 0.29) is 17.0 Å². The molecule has 1 aromatic carbocycles. The summed E-state index contributed by atoms with van der Waals surface area (Å²) in [6.45, 7) is 0. The summed E-state index contributed by atoms with van der Waals surface area (Å²) in [4.78, 5) is 0. The third-order valence-corrected chi connectivity index (χ3v) is 4.00. The highest BCUT2D eigenvalue weighted by Crippen LogP contribution is 2.49. The first-order valence-corrected chi connectivity index (χ1v) is 5.77. The van der Waals surface area contributed by atoms with Crippen LogP contribution in [0.2, 0.25) is 0 Å². The third-order valence-electron chi connectivity index (χ3n) is 2.81. The topological polar surface area (TPSA) is 0 Å². The van der Waals surface area contributed by atoms with Crippen LogP contribution in [0.1, 0.15) is 18.4 Å². The van der Waals surface area contributed by atoms with E-state index in [0.29, 0.717) is 12.0 Å². The van der Waals surface area contributed by atoms with Crippen molar-refractivity contribution in [3.63, 3.8) is 0 Å². The fourth-order valence-corrected chi connectivity index (χ4v) is 2.38. The first kappa shape index (κ1) is 10.1. The molecule has 0 atom stereocenters. The fraction of sp³-hybridized carbons (Fsp3) is 0.455. The van der Waals surface area contributed by atoms with Crippen LogP contribution in [0.5, 0.6) is 0 Å². The third kappa shape index (κ3) is 1.97. The van der Waals surface area contributed by atoms with Gasteiger partial charge < -0.3 is 0 Å². The van der Waals surface area contributed by atoms with Gasteiger partial charge in [-0.25, -0.2) is 8.78 Å². The van der Waals surface area contributed by atoms with Crippen LogP contribution in [-0.2, 0) is 6.42 Å². The van der Waals surface area contributed by atoms with Crippen molar-refractivity contribution in [2.75, 3.05) is 5.33 Å². The lowest BCUT2D eigenvalue weighted by atomic mass is 9.98. The van der Waals surface area contributed by atoms with E-state index in [9.17, 15) is 8.78 Å². The van der Waals surface area contributed by atoms with Crippen LogP contribution in [0.4, 0.5) is 8.78 Å². The van der Waals surface area contributed by atoms with Crippen molar-refractivity contribution in [2.45, 2.75) is 19.3 Å². The second-order valence-electron chi connectivity index (χ2n) is 4.05. The molecule has 1 aromatic rings. The Kier molecular flexibility index (Phi) is 2.60. The van der Waals surface area contributed by atoms with Gasteiger partial charge in [-0.15, -0.1) is 0 Å². The number of halogens is 3. The minimum absolute atomic E-state index is 0.189. The summed E-state index contributed by atoms with van der Waals surface area (Å²) in [7, 11) is 0. The Hall–Kier alpha value is -0.440. The van der Waals surface area contributed by atoms with Gasteiger partial charge in [-0.1, -0.05) is 15.9 Å². The Labute approximate surface area is 90.4 Å². The van der Waals surface area contributed by atoms with Crippen LogP contribution in [0.25, 0.3) is 0 Å². The number of benzene rings is 1. The molecule has 0 nitrogen and oxygen atoms in total. The van der Waals surface area contributed by atoms with Crippen molar-refractivity contribution < 1.29 is 8.78 Å². The molecule has 1 aliphatic rings. The van der Waals surface area contributed by atoms with Gasteiger partial charge in [0.25, 0.3) is 0 Å². The first-order chi connectivity index (χ1) is 6.65. The molecule has 0 amide bonds. The molecular weight excluding hydrogens is 250 g/mol. The summed E-state index contributed by atoms with van der Waals surface area (Å²) in [6, 6.07) is 3.67. The van der Waals surface area contributed by atoms with Crippen molar-refractivity contribution >= 4 is 15.9 Å². The minimum atomic E-state index is -0.355. The maximum atomic E-state index is 13.3. The van der Waals surface area contributed by atoms with Crippen LogP contribution in [0.15, 0.2) is 18.2 Å². The lowest BCUT2D eigenvalue weighted by Crippen LogP contribution is -2.08. The maximum Gasteiger partial charge on any atom is 0.126 e. The Morgan fingerprint density at radius 2 is 2.00 bits per heavy atom. The van der Waals surface area contributed by atoms with Crippen LogP contribution in [0, 0.1) is 17.0 Å². The fourth-order valence-electron chi connectivity index (χ4n) is 1.62. The predicted octanol–water partition coefficient (Wildman–Crippen LogP) is 3.68. The lowest BCUT2D eigenvalue weighted by Gasteiger charge is -2.11. The average Bonchev–Trinajstić information content (AvgIpc) is 2.92. The Morgan fingerprint density at radius 3 is 2.57 bits per heavy atom. The zero-order valence-corrected chi connectivity index (χ0v) is 9.28. The van der Waals surface area contributed by atoms with Crippen molar-refractivity contribution in [3.8, 4) is 0 Å². The number of hydrogen-bond donors (Lipinski definition) is 0. The van der Waals surface area contributed by atoms with Gasteiger partial charge in [0.1, 0.15) is 11.6 Å². The Bertz CT molecular complexity index is 345. The molecule has 1 saturated carbocycles. The Balaban J connectivity index is 2.20. The summed E-state index contributed by atoms with van der Waals surface area (Å²) >= 11 is 3.42. The molecular formula is C11H11BrF2. The summed E-state index contributed by atoms with van der Waals surface area (Å²) in [5, 5.41) is 0.871. The van der Waals surface area contributed by atoms with Gasteiger partial charge in [0, 0.05) is 5.33 Å². The average molecular weight is 261 g/mol.